The van der Waals surface area contributed by atoms with Crippen molar-refractivity contribution in [1.29, 1.82) is 0 Å². The molecule has 3 heteroatoms. The fourth-order valence-electron chi connectivity index (χ4n) is 2.26. The largest absolute Gasteiger partial charge is 0.305 e. The van der Waals surface area contributed by atoms with E-state index in [0.29, 0.717) is 6.04 Å². The summed E-state index contributed by atoms with van der Waals surface area (Å²) in [6.45, 7) is 9.75. The minimum Gasteiger partial charge on any atom is -0.305 e. The minimum atomic E-state index is 0.182. The normalized spacial score (nSPS) is 13.5. The molecule has 1 aromatic heterocycles. The van der Waals surface area contributed by atoms with Gasteiger partial charge >= 0.3 is 0 Å². The smallest absolute Gasteiger partial charge is 0.0897 e. The lowest BCUT2D eigenvalue weighted by molar-refractivity contribution is 0.271. The molecule has 0 fully saturated rings. The van der Waals surface area contributed by atoms with Gasteiger partial charge in [-0.2, -0.15) is 0 Å². The predicted octanol–water partition coefficient (Wildman–Crippen LogP) is 4.33. The van der Waals surface area contributed by atoms with E-state index >= 15 is 0 Å². The van der Waals surface area contributed by atoms with Crippen molar-refractivity contribution in [3.63, 3.8) is 0 Å². The first-order valence-electron chi connectivity index (χ1n) is 6.66. The Bertz CT molecular complexity index is 511. The fraction of sp³-hybridized carbons (Fsp3) is 0.438. The second-order valence-electron chi connectivity index (χ2n) is 5.94. The lowest BCUT2D eigenvalue weighted by Gasteiger charge is -2.32. The highest BCUT2D eigenvalue weighted by atomic mass is 32.1. The summed E-state index contributed by atoms with van der Waals surface area (Å²) in [7, 11) is 0. The number of rotatable bonds is 4. The Morgan fingerprint density at radius 3 is 2.42 bits per heavy atom. The van der Waals surface area contributed by atoms with Gasteiger partial charge in [0.05, 0.1) is 5.01 Å². The summed E-state index contributed by atoms with van der Waals surface area (Å²) in [5.74, 6) is 0. The summed E-state index contributed by atoms with van der Waals surface area (Å²) >= 11 is 1.76. The zero-order valence-electron chi connectivity index (χ0n) is 12.1. The molecule has 2 aromatic rings. The Morgan fingerprint density at radius 1 is 1.21 bits per heavy atom. The highest BCUT2D eigenvalue weighted by Gasteiger charge is 2.25. The monoisotopic (exact) mass is 274 g/mol. The molecule has 1 N–H and O–H groups in total. The Balaban J connectivity index is 2.11. The molecule has 1 atom stereocenters. The summed E-state index contributed by atoms with van der Waals surface area (Å²) in [6, 6.07) is 11.0. The van der Waals surface area contributed by atoms with Crippen molar-refractivity contribution in [1.82, 2.24) is 10.3 Å². The first kappa shape index (κ1) is 14.2. The average molecular weight is 274 g/mol. The standard InChI is InChI=1S/C16H22N2S/c1-12-17-10-14(19-12)11-18-15(16(2,3)4)13-8-6-5-7-9-13/h5-10,15,18H,11H2,1-4H3. The molecule has 2 nitrogen and oxygen atoms in total. The first-order chi connectivity index (χ1) is 8.97. The van der Waals surface area contributed by atoms with Crippen LogP contribution in [0, 0.1) is 12.3 Å². The fourth-order valence-corrected chi connectivity index (χ4v) is 3.00. The maximum atomic E-state index is 4.31. The van der Waals surface area contributed by atoms with Gasteiger partial charge in [-0.25, -0.2) is 4.98 Å². The van der Waals surface area contributed by atoms with Crippen molar-refractivity contribution in [3.8, 4) is 0 Å². The first-order valence-corrected chi connectivity index (χ1v) is 7.48. The highest BCUT2D eigenvalue weighted by molar-refractivity contribution is 7.11. The van der Waals surface area contributed by atoms with Gasteiger partial charge in [-0.05, 0) is 17.9 Å². The number of benzene rings is 1. The van der Waals surface area contributed by atoms with Crippen molar-refractivity contribution < 1.29 is 0 Å². The van der Waals surface area contributed by atoms with Crippen LogP contribution >= 0.6 is 11.3 Å². The molecule has 0 aliphatic rings. The van der Waals surface area contributed by atoms with E-state index in [4.69, 9.17) is 0 Å². The molecule has 19 heavy (non-hydrogen) atoms. The molecule has 0 aliphatic heterocycles. The Kier molecular flexibility index (Phi) is 4.38. The van der Waals surface area contributed by atoms with Crippen molar-refractivity contribution in [2.75, 3.05) is 0 Å². The van der Waals surface area contributed by atoms with Gasteiger partial charge in [0, 0.05) is 23.7 Å². The van der Waals surface area contributed by atoms with Crippen LogP contribution in [-0.2, 0) is 6.54 Å². The third kappa shape index (κ3) is 3.88. The van der Waals surface area contributed by atoms with E-state index in [2.05, 4.69) is 61.4 Å². The second kappa shape index (κ2) is 5.85. The van der Waals surface area contributed by atoms with E-state index in [9.17, 15) is 0 Å². The highest BCUT2D eigenvalue weighted by Crippen LogP contribution is 2.33. The minimum absolute atomic E-state index is 0.182. The molecule has 0 saturated carbocycles. The van der Waals surface area contributed by atoms with Gasteiger partial charge in [-0.1, -0.05) is 51.1 Å². The van der Waals surface area contributed by atoms with Crippen LogP contribution in [0.1, 0.15) is 42.3 Å². The zero-order chi connectivity index (χ0) is 13.9. The van der Waals surface area contributed by atoms with Gasteiger partial charge in [0.25, 0.3) is 0 Å². The topological polar surface area (TPSA) is 24.9 Å². The van der Waals surface area contributed by atoms with Gasteiger partial charge in [-0.15, -0.1) is 11.3 Å². The Labute approximate surface area is 119 Å². The van der Waals surface area contributed by atoms with Crippen LogP contribution < -0.4 is 5.32 Å². The summed E-state index contributed by atoms with van der Waals surface area (Å²) in [4.78, 5) is 5.60. The quantitative estimate of drug-likeness (QED) is 0.897. The van der Waals surface area contributed by atoms with Gasteiger partial charge in [-0.3, -0.25) is 0 Å². The average Bonchev–Trinajstić information content (AvgIpc) is 2.75. The van der Waals surface area contributed by atoms with Gasteiger partial charge in [0.2, 0.25) is 0 Å². The Morgan fingerprint density at radius 2 is 1.89 bits per heavy atom. The van der Waals surface area contributed by atoms with E-state index in [-0.39, 0.29) is 5.41 Å². The summed E-state index contributed by atoms with van der Waals surface area (Å²) in [6.07, 6.45) is 1.97. The predicted molar refractivity (Wildman–Crippen MR) is 82.3 cm³/mol. The van der Waals surface area contributed by atoms with Crippen LogP contribution in [0.5, 0.6) is 0 Å². The second-order valence-corrected chi connectivity index (χ2v) is 7.26. The molecule has 0 aliphatic carbocycles. The van der Waals surface area contributed by atoms with Crippen LogP contribution in [0.25, 0.3) is 0 Å². The SMILES string of the molecule is Cc1ncc(CNC(c2ccccc2)C(C)(C)C)s1. The number of nitrogens with zero attached hydrogens (tertiary/aromatic N) is 1. The van der Waals surface area contributed by atoms with E-state index < -0.39 is 0 Å². The molecule has 0 radical (unpaired) electrons. The molecule has 0 amide bonds. The van der Waals surface area contributed by atoms with Crippen LogP contribution in [0.2, 0.25) is 0 Å². The lowest BCUT2D eigenvalue weighted by atomic mass is 9.82. The third-order valence-corrected chi connectivity index (χ3v) is 4.06. The zero-order valence-corrected chi connectivity index (χ0v) is 12.9. The number of nitrogens with one attached hydrogen (secondary N) is 1. The van der Waals surface area contributed by atoms with E-state index in [1.54, 1.807) is 11.3 Å². The molecule has 0 saturated heterocycles. The number of hydrogen-bond donors (Lipinski definition) is 1. The third-order valence-electron chi connectivity index (χ3n) is 3.15. The van der Waals surface area contributed by atoms with Crippen LogP contribution in [0.15, 0.2) is 36.5 Å². The molecule has 1 aromatic carbocycles. The summed E-state index contributed by atoms with van der Waals surface area (Å²) in [5.41, 5.74) is 1.53. The van der Waals surface area contributed by atoms with Gasteiger partial charge in [0.15, 0.2) is 0 Å². The molecule has 1 unspecified atom stereocenters. The van der Waals surface area contributed by atoms with Crippen molar-refractivity contribution in [2.45, 2.75) is 40.3 Å². The van der Waals surface area contributed by atoms with Crippen LogP contribution in [0.3, 0.4) is 0 Å². The number of aryl methyl sites for hydroxylation is 1. The van der Waals surface area contributed by atoms with Gasteiger partial charge < -0.3 is 5.32 Å². The lowest BCUT2D eigenvalue weighted by Crippen LogP contribution is -2.31. The van der Waals surface area contributed by atoms with E-state index in [1.807, 2.05) is 13.1 Å². The molecule has 0 bridgehead atoms. The van der Waals surface area contributed by atoms with E-state index in [1.165, 1.54) is 10.4 Å². The molecular weight excluding hydrogens is 252 g/mol. The van der Waals surface area contributed by atoms with Crippen molar-refractivity contribution in [2.24, 2.45) is 5.41 Å². The number of aromatic nitrogens is 1. The molecular formula is C16H22N2S. The molecule has 0 spiro atoms. The molecule has 2 rings (SSSR count). The van der Waals surface area contributed by atoms with Crippen LogP contribution in [-0.4, -0.2) is 4.98 Å². The molecule has 102 valence electrons. The molecule has 1 heterocycles. The number of thiazole rings is 1. The maximum Gasteiger partial charge on any atom is 0.0897 e. The van der Waals surface area contributed by atoms with Crippen molar-refractivity contribution in [3.05, 3.63) is 52.0 Å². The van der Waals surface area contributed by atoms with Gasteiger partial charge in [0.1, 0.15) is 0 Å². The van der Waals surface area contributed by atoms with Crippen LogP contribution in [0.4, 0.5) is 0 Å². The maximum absolute atomic E-state index is 4.31. The summed E-state index contributed by atoms with van der Waals surface area (Å²) in [5, 5.41) is 4.80. The van der Waals surface area contributed by atoms with Crippen molar-refractivity contribution >= 4 is 11.3 Å². The Hall–Kier alpha value is -1.19. The summed E-state index contributed by atoms with van der Waals surface area (Å²) < 4.78 is 0. The number of hydrogen-bond acceptors (Lipinski definition) is 3. The van der Waals surface area contributed by atoms with E-state index in [0.717, 1.165) is 11.6 Å².